The number of amides is 1. The summed E-state index contributed by atoms with van der Waals surface area (Å²) in [6.07, 6.45) is 0.463. The highest BCUT2D eigenvalue weighted by molar-refractivity contribution is 5.92. The van der Waals surface area contributed by atoms with Gasteiger partial charge in [-0.1, -0.05) is 18.2 Å². The van der Waals surface area contributed by atoms with Gasteiger partial charge in [-0.3, -0.25) is 9.48 Å². The molecule has 2 aromatic rings. The third-order valence-corrected chi connectivity index (χ3v) is 2.98. The van der Waals surface area contributed by atoms with E-state index in [-0.39, 0.29) is 11.7 Å². The number of nitrogens with one attached hydrogen (secondary N) is 1. The lowest BCUT2D eigenvalue weighted by atomic mass is 10.1. The molecule has 0 aliphatic carbocycles. The Morgan fingerprint density at radius 1 is 1.42 bits per heavy atom. The Kier molecular flexibility index (Phi) is 3.94. The number of nitrogens with zero attached hydrogens (tertiary/aromatic N) is 2. The van der Waals surface area contributed by atoms with E-state index >= 15 is 0 Å². The molecule has 0 spiro atoms. The standard InChI is InChI=1S/C14H16FN3O/c1-10-9-13(17-18(10)2)14(19)16-8-7-11-5-3-4-6-12(11)15/h3-6,9H,7-8H2,1-2H3,(H,16,19). The number of carbonyl (C=O) groups excluding carboxylic acids is 1. The molecule has 0 saturated heterocycles. The topological polar surface area (TPSA) is 46.9 Å². The third kappa shape index (κ3) is 3.19. The first-order valence-corrected chi connectivity index (χ1v) is 6.10. The molecule has 1 aromatic carbocycles. The normalized spacial score (nSPS) is 10.5. The largest absolute Gasteiger partial charge is 0.350 e. The van der Waals surface area contributed by atoms with Gasteiger partial charge >= 0.3 is 0 Å². The number of halogens is 1. The lowest BCUT2D eigenvalue weighted by Crippen LogP contribution is -2.26. The second kappa shape index (κ2) is 5.65. The molecule has 1 N–H and O–H groups in total. The maximum atomic E-state index is 13.4. The van der Waals surface area contributed by atoms with Gasteiger partial charge in [-0.15, -0.1) is 0 Å². The van der Waals surface area contributed by atoms with Crippen molar-refractivity contribution in [2.24, 2.45) is 7.05 Å². The molecule has 0 radical (unpaired) electrons. The molecular weight excluding hydrogens is 245 g/mol. The zero-order chi connectivity index (χ0) is 13.8. The lowest BCUT2D eigenvalue weighted by Gasteiger charge is -2.04. The van der Waals surface area contributed by atoms with Crippen molar-refractivity contribution >= 4 is 5.91 Å². The van der Waals surface area contributed by atoms with E-state index in [2.05, 4.69) is 10.4 Å². The zero-order valence-corrected chi connectivity index (χ0v) is 11.0. The molecule has 0 unspecified atom stereocenters. The van der Waals surface area contributed by atoms with Crippen LogP contribution in [-0.2, 0) is 13.5 Å². The number of aryl methyl sites for hydroxylation is 2. The van der Waals surface area contributed by atoms with Crippen molar-refractivity contribution < 1.29 is 9.18 Å². The predicted octanol–water partition coefficient (Wildman–Crippen LogP) is 1.84. The second-order valence-electron chi connectivity index (χ2n) is 4.39. The van der Waals surface area contributed by atoms with Crippen molar-refractivity contribution in [1.29, 1.82) is 0 Å². The monoisotopic (exact) mass is 261 g/mol. The van der Waals surface area contributed by atoms with Crippen molar-refractivity contribution in [2.45, 2.75) is 13.3 Å². The molecule has 0 atom stereocenters. The van der Waals surface area contributed by atoms with Gasteiger partial charge in [0.2, 0.25) is 0 Å². The number of hydrogen-bond acceptors (Lipinski definition) is 2. The van der Waals surface area contributed by atoms with Gasteiger partial charge in [0.15, 0.2) is 0 Å². The number of aromatic nitrogens is 2. The lowest BCUT2D eigenvalue weighted by molar-refractivity contribution is 0.0948. The highest BCUT2D eigenvalue weighted by Crippen LogP contribution is 2.06. The molecular formula is C14H16FN3O. The minimum absolute atomic E-state index is 0.236. The Labute approximate surface area is 111 Å². The summed E-state index contributed by atoms with van der Waals surface area (Å²) >= 11 is 0. The maximum absolute atomic E-state index is 13.4. The van der Waals surface area contributed by atoms with Gasteiger partial charge in [0.25, 0.3) is 5.91 Å². The Hall–Kier alpha value is -2.17. The molecule has 0 aliphatic rings. The van der Waals surface area contributed by atoms with Crippen LogP contribution >= 0.6 is 0 Å². The number of hydrogen-bond donors (Lipinski definition) is 1. The van der Waals surface area contributed by atoms with E-state index in [1.165, 1.54) is 6.07 Å². The van der Waals surface area contributed by atoms with Crippen molar-refractivity contribution in [2.75, 3.05) is 6.54 Å². The van der Waals surface area contributed by atoms with E-state index < -0.39 is 0 Å². The molecule has 4 nitrogen and oxygen atoms in total. The molecule has 1 amide bonds. The Balaban J connectivity index is 1.89. The average molecular weight is 261 g/mol. The van der Waals surface area contributed by atoms with Gasteiger partial charge in [0.05, 0.1) is 0 Å². The quantitative estimate of drug-likeness (QED) is 0.913. The van der Waals surface area contributed by atoms with Crippen molar-refractivity contribution in [3.63, 3.8) is 0 Å². The van der Waals surface area contributed by atoms with Crippen molar-refractivity contribution in [3.05, 3.63) is 53.1 Å². The first-order chi connectivity index (χ1) is 9.08. The fourth-order valence-corrected chi connectivity index (χ4v) is 1.77. The molecule has 0 aliphatic heterocycles. The summed E-state index contributed by atoms with van der Waals surface area (Å²) in [6.45, 7) is 2.26. The van der Waals surface area contributed by atoms with Crippen LogP contribution in [0.15, 0.2) is 30.3 Å². The van der Waals surface area contributed by atoms with Crippen LogP contribution < -0.4 is 5.32 Å². The van der Waals surface area contributed by atoms with E-state index in [9.17, 15) is 9.18 Å². The molecule has 0 fully saturated rings. The van der Waals surface area contributed by atoms with Gasteiger partial charge in [-0.25, -0.2) is 4.39 Å². The summed E-state index contributed by atoms with van der Waals surface area (Å²) in [5.41, 5.74) is 1.90. The molecule has 5 heteroatoms. The van der Waals surface area contributed by atoms with E-state index in [0.29, 0.717) is 24.2 Å². The summed E-state index contributed by atoms with van der Waals surface area (Å²) in [4.78, 5) is 11.8. The summed E-state index contributed by atoms with van der Waals surface area (Å²) in [6, 6.07) is 8.28. The van der Waals surface area contributed by atoms with Crippen LogP contribution in [0.25, 0.3) is 0 Å². The first kappa shape index (κ1) is 13.3. The van der Waals surface area contributed by atoms with E-state index in [0.717, 1.165) is 5.69 Å². The molecule has 0 saturated carbocycles. The van der Waals surface area contributed by atoms with E-state index in [1.807, 2.05) is 6.92 Å². The molecule has 0 bridgehead atoms. The summed E-state index contributed by atoms with van der Waals surface area (Å²) in [7, 11) is 1.78. The highest BCUT2D eigenvalue weighted by atomic mass is 19.1. The fraction of sp³-hybridized carbons (Fsp3) is 0.286. The highest BCUT2D eigenvalue weighted by Gasteiger charge is 2.10. The minimum atomic E-state index is -0.245. The summed E-state index contributed by atoms with van der Waals surface area (Å²) < 4.78 is 15.0. The van der Waals surface area contributed by atoms with Gasteiger partial charge in [0.1, 0.15) is 11.5 Å². The van der Waals surface area contributed by atoms with Gasteiger partial charge in [0, 0.05) is 19.3 Å². The van der Waals surface area contributed by atoms with Crippen LogP contribution in [0.5, 0.6) is 0 Å². The van der Waals surface area contributed by atoms with Crippen LogP contribution in [0.1, 0.15) is 21.7 Å². The molecule has 100 valence electrons. The van der Waals surface area contributed by atoms with Crippen molar-refractivity contribution in [1.82, 2.24) is 15.1 Å². The zero-order valence-electron chi connectivity index (χ0n) is 11.0. The van der Waals surface area contributed by atoms with Crippen LogP contribution in [-0.4, -0.2) is 22.2 Å². The van der Waals surface area contributed by atoms with Crippen LogP contribution in [0.2, 0.25) is 0 Å². The molecule has 2 rings (SSSR count). The molecule has 1 heterocycles. The smallest absolute Gasteiger partial charge is 0.271 e. The minimum Gasteiger partial charge on any atom is -0.350 e. The van der Waals surface area contributed by atoms with Crippen LogP contribution in [0, 0.1) is 12.7 Å². The summed E-state index contributed by atoms with van der Waals surface area (Å²) in [5, 5.41) is 6.82. The Bertz CT molecular complexity index is 573. The Morgan fingerprint density at radius 2 is 2.16 bits per heavy atom. The van der Waals surface area contributed by atoms with Gasteiger partial charge in [-0.05, 0) is 31.0 Å². The average Bonchev–Trinajstić information content (AvgIpc) is 2.72. The second-order valence-corrected chi connectivity index (χ2v) is 4.39. The van der Waals surface area contributed by atoms with E-state index in [4.69, 9.17) is 0 Å². The third-order valence-electron chi connectivity index (χ3n) is 2.98. The maximum Gasteiger partial charge on any atom is 0.271 e. The molecule has 19 heavy (non-hydrogen) atoms. The first-order valence-electron chi connectivity index (χ1n) is 6.10. The number of benzene rings is 1. The molecule has 1 aromatic heterocycles. The van der Waals surface area contributed by atoms with Crippen molar-refractivity contribution in [3.8, 4) is 0 Å². The number of rotatable bonds is 4. The van der Waals surface area contributed by atoms with Gasteiger partial charge in [-0.2, -0.15) is 5.10 Å². The predicted molar refractivity (Wildman–Crippen MR) is 70.4 cm³/mol. The fourth-order valence-electron chi connectivity index (χ4n) is 1.77. The Morgan fingerprint density at radius 3 is 2.79 bits per heavy atom. The number of carbonyl (C=O) groups is 1. The summed E-state index contributed by atoms with van der Waals surface area (Å²) in [5.74, 6) is -0.481. The van der Waals surface area contributed by atoms with E-state index in [1.54, 1.807) is 36.0 Å². The van der Waals surface area contributed by atoms with Crippen LogP contribution in [0.4, 0.5) is 4.39 Å². The van der Waals surface area contributed by atoms with Crippen LogP contribution in [0.3, 0.4) is 0 Å². The van der Waals surface area contributed by atoms with Gasteiger partial charge < -0.3 is 5.32 Å². The SMILES string of the molecule is Cc1cc(C(=O)NCCc2ccccc2F)nn1C.